The Morgan fingerprint density at radius 3 is 2.86 bits per heavy atom. The van der Waals surface area contributed by atoms with Gasteiger partial charge in [-0.2, -0.15) is 0 Å². The molecule has 2 aromatic rings. The summed E-state index contributed by atoms with van der Waals surface area (Å²) in [4.78, 5) is 8.55. The molecule has 2 atom stereocenters. The number of hydrogen-bond donors (Lipinski definition) is 1. The van der Waals surface area contributed by atoms with Gasteiger partial charge in [0.25, 0.3) is 0 Å². The van der Waals surface area contributed by atoms with Crippen molar-refractivity contribution in [2.45, 2.75) is 25.8 Å². The molecule has 4 heteroatoms. The second-order valence-corrected chi connectivity index (χ2v) is 4.61. The molecule has 14 heavy (non-hydrogen) atoms. The summed E-state index contributed by atoms with van der Waals surface area (Å²) in [6.07, 6.45) is 3.59. The van der Waals surface area contributed by atoms with Crippen LogP contribution in [0.4, 0.5) is 0 Å². The summed E-state index contributed by atoms with van der Waals surface area (Å²) in [5, 5.41) is 1.10. The average Bonchev–Trinajstić information content (AvgIpc) is 2.59. The van der Waals surface area contributed by atoms with Crippen molar-refractivity contribution in [1.29, 1.82) is 0 Å². The lowest BCUT2D eigenvalue weighted by Crippen LogP contribution is -2.22. The molecule has 0 saturated carbocycles. The van der Waals surface area contributed by atoms with Gasteiger partial charge in [0, 0.05) is 18.2 Å². The van der Waals surface area contributed by atoms with Crippen LogP contribution in [0, 0.1) is 0 Å². The molecule has 0 radical (unpaired) electrons. The first-order valence-corrected chi connectivity index (χ1v) is 5.46. The lowest BCUT2D eigenvalue weighted by Gasteiger charge is -2.11. The van der Waals surface area contributed by atoms with Gasteiger partial charge < -0.3 is 5.73 Å². The lowest BCUT2D eigenvalue weighted by atomic mass is 10.1. The molecule has 2 unspecified atom stereocenters. The second kappa shape index (κ2) is 3.63. The van der Waals surface area contributed by atoms with E-state index in [1.165, 1.54) is 4.70 Å². The van der Waals surface area contributed by atoms with E-state index in [1.807, 2.05) is 13.0 Å². The van der Waals surface area contributed by atoms with Gasteiger partial charge in [-0.15, -0.1) is 11.3 Å². The summed E-state index contributed by atoms with van der Waals surface area (Å²) in [5.41, 5.74) is 6.81. The van der Waals surface area contributed by atoms with Crippen molar-refractivity contribution in [3.05, 3.63) is 23.5 Å². The molecule has 0 amide bonds. The van der Waals surface area contributed by atoms with Crippen molar-refractivity contribution in [1.82, 2.24) is 9.97 Å². The van der Waals surface area contributed by atoms with Crippen molar-refractivity contribution in [3.8, 4) is 0 Å². The minimum atomic E-state index is 0.142. The van der Waals surface area contributed by atoms with E-state index in [0.29, 0.717) is 5.92 Å². The molecule has 2 N–H and O–H groups in total. The van der Waals surface area contributed by atoms with Crippen LogP contribution < -0.4 is 5.73 Å². The third-order valence-electron chi connectivity index (χ3n) is 2.38. The number of nitrogens with two attached hydrogens (primary N) is 1. The molecule has 3 nitrogen and oxygen atoms in total. The fraction of sp³-hybridized carbons (Fsp3) is 0.400. The Morgan fingerprint density at radius 1 is 1.43 bits per heavy atom. The summed E-state index contributed by atoms with van der Waals surface area (Å²) in [7, 11) is 0. The molecule has 0 aliphatic heterocycles. The maximum Gasteiger partial charge on any atom is 0.0998 e. The smallest absolute Gasteiger partial charge is 0.0998 e. The molecular weight excluding hydrogens is 194 g/mol. The van der Waals surface area contributed by atoms with Crippen LogP contribution in [-0.4, -0.2) is 16.0 Å². The van der Waals surface area contributed by atoms with Gasteiger partial charge in [0.05, 0.1) is 21.4 Å². The van der Waals surface area contributed by atoms with Gasteiger partial charge in [0.1, 0.15) is 0 Å². The van der Waals surface area contributed by atoms with Crippen LogP contribution in [0.15, 0.2) is 18.5 Å². The summed E-state index contributed by atoms with van der Waals surface area (Å²) < 4.78 is 1.18. The first-order valence-electron chi connectivity index (χ1n) is 4.64. The van der Waals surface area contributed by atoms with E-state index < -0.39 is 0 Å². The van der Waals surface area contributed by atoms with Gasteiger partial charge in [0.2, 0.25) is 0 Å². The standard InChI is InChI=1S/C10H13N3S/c1-6(7(2)11)10-13-8-5-12-4-3-9(8)14-10/h3-7H,11H2,1-2H3. The van der Waals surface area contributed by atoms with E-state index in [0.717, 1.165) is 10.5 Å². The third kappa shape index (κ3) is 1.63. The quantitative estimate of drug-likeness (QED) is 0.820. The Morgan fingerprint density at radius 2 is 2.21 bits per heavy atom. The highest BCUT2D eigenvalue weighted by Crippen LogP contribution is 2.27. The Balaban J connectivity index is 2.45. The highest BCUT2D eigenvalue weighted by atomic mass is 32.1. The van der Waals surface area contributed by atoms with E-state index in [2.05, 4.69) is 16.9 Å². The van der Waals surface area contributed by atoms with Crippen LogP contribution in [0.5, 0.6) is 0 Å². The molecule has 0 bridgehead atoms. The summed E-state index contributed by atoms with van der Waals surface area (Å²) in [6, 6.07) is 2.13. The monoisotopic (exact) mass is 207 g/mol. The van der Waals surface area contributed by atoms with Crippen LogP contribution in [0.2, 0.25) is 0 Å². The van der Waals surface area contributed by atoms with Gasteiger partial charge >= 0.3 is 0 Å². The first-order chi connectivity index (χ1) is 6.68. The number of pyridine rings is 1. The van der Waals surface area contributed by atoms with Crippen LogP contribution in [0.25, 0.3) is 10.2 Å². The van der Waals surface area contributed by atoms with Crippen molar-refractivity contribution in [2.24, 2.45) is 5.73 Å². The average molecular weight is 207 g/mol. The molecule has 0 fully saturated rings. The van der Waals surface area contributed by atoms with Gasteiger partial charge in [-0.3, -0.25) is 4.98 Å². The minimum Gasteiger partial charge on any atom is -0.327 e. The van der Waals surface area contributed by atoms with E-state index in [-0.39, 0.29) is 6.04 Å². The van der Waals surface area contributed by atoms with Crippen molar-refractivity contribution < 1.29 is 0 Å². The highest BCUT2D eigenvalue weighted by molar-refractivity contribution is 7.18. The molecule has 0 aromatic carbocycles. The normalized spacial score (nSPS) is 15.6. The summed E-state index contributed by atoms with van der Waals surface area (Å²) >= 11 is 1.70. The Hall–Kier alpha value is -1.00. The third-order valence-corrected chi connectivity index (χ3v) is 3.62. The van der Waals surface area contributed by atoms with Crippen LogP contribution in [0.3, 0.4) is 0 Å². The van der Waals surface area contributed by atoms with Crippen molar-refractivity contribution in [2.75, 3.05) is 0 Å². The van der Waals surface area contributed by atoms with E-state index in [4.69, 9.17) is 5.73 Å². The Labute approximate surface area is 87.0 Å². The predicted molar refractivity (Wildman–Crippen MR) is 59.5 cm³/mol. The van der Waals surface area contributed by atoms with E-state index in [1.54, 1.807) is 23.7 Å². The van der Waals surface area contributed by atoms with Gasteiger partial charge in [0.15, 0.2) is 0 Å². The number of hydrogen-bond acceptors (Lipinski definition) is 4. The fourth-order valence-electron chi connectivity index (χ4n) is 1.22. The zero-order chi connectivity index (χ0) is 10.1. The van der Waals surface area contributed by atoms with Gasteiger partial charge in [-0.1, -0.05) is 6.92 Å². The van der Waals surface area contributed by atoms with Crippen molar-refractivity contribution in [3.63, 3.8) is 0 Å². The molecule has 2 heterocycles. The molecule has 74 valence electrons. The number of thiazole rings is 1. The number of rotatable bonds is 2. The maximum absolute atomic E-state index is 5.84. The molecule has 0 aliphatic carbocycles. The van der Waals surface area contributed by atoms with E-state index in [9.17, 15) is 0 Å². The van der Waals surface area contributed by atoms with Gasteiger partial charge in [-0.05, 0) is 13.0 Å². The van der Waals surface area contributed by atoms with Crippen LogP contribution >= 0.6 is 11.3 Å². The predicted octanol–water partition coefficient (Wildman–Crippen LogP) is 2.14. The molecule has 2 rings (SSSR count). The second-order valence-electron chi connectivity index (χ2n) is 3.54. The molecule has 2 aromatic heterocycles. The van der Waals surface area contributed by atoms with E-state index >= 15 is 0 Å². The fourth-order valence-corrected chi connectivity index (χ4v) is 2.32. The molecular formula is C10H13N3S. The van der Waals surface area contributed by atoms with Gasteiger partial charge in [-0.25, -0.2) is 4.98 Å². The highest BCUT2D eigenvalue weighted by Gasteiger charge is 2.14. The van der Waals surface area contributed by atoms with Crippen molar-refractivity contribution >= 4 is 21.6 Å². The summed E-state index contributed by atoms with van der Waals surface area (Å²) in [5.74, 6) is 0.312. The van der Waals surface area contributed by atoms with Crippen LogP contribution in [-0.2, 0) is 0 Å². The minimum absolute atomic E-state index is 0.142. The first kappa shape index (κ1) is 9.55. The SMILES string of the molecule is CC(N)C(C)c1nc2cnccc2s1. The molecule has 0 aliphatic rings. The van der Waals surface area contributed by atoms with Crippen LogP contribution in [0.1, 0.15) is 24.8 Å². The number of fused-ring (bicyclic) bond motifs is 1. The zero-order valence-electron chi connectivity index (χ0n) is 8.27. The Kier molecular flexibility index (Phi) is 2.48. The number of nitrogens with zero attached hydrogens (tertiary/aromatic N) is 2. The molecule has 0 saturated heterocycles. The zero-order valence-corrected chi connectivity index (χ0v) is 9.08. The maximum atomic E-state index is 5.84. The molecule has 0 spiro atoms. The number of aromatic nitrogens is 2. The largest absolute Gasteiger partial charge is 0.327 e. The lowest BCUT2D eigenvalue weighted by molar-refractivity contribution is 0.611. The summed E-state index contributed by atoms with van der Waals surface area (Å²) in [6.45, 7) is 4.12. The topological polar surface area (TPSA) is 51.8 Å². The Bertz CT molecular complexity index is 403.